The van der Waals surface area contributed by atoms with Crippen molar-refractivity contribution in [3.8, 4) is 0 Å². The van der Waals surface area contributed by atoms with Crippen LogP contribution in [0.25, 0.3) is 0 Å². The Hall–Kier alpha value is -0.490. The van der Waals surface area contributed by atoms with Crippen molar-refractivity contribution in [3.05, 3.63) is 35.4 Å². The first kappa shape index (κ1) is 19.6. The van der Waals surface area contributed by atoms with E-state index in [-0.39, 0.29) is 30.9 Å². The minimum Gasteiger partial charge on any atom is -0.314 e. The van der Waals surface area contributed by atoms with Crippen LogP contribution in [0.15, 0.2) is 24.3 Å². The van der Waals surface area contributed by atoms with Crippen molar-refractivity contribution < 1.29 is 13.2 Å². The Morgan fingerprint density at radius 1 is 1.05 bits per heavy atom. The highest BCUT2D eigenvalue weighted by molar-refractivity contribution is 5.85. The van der Waals surface area contributed by atoms with Crippen LogP contribution in [0.5, 0.6) is 0 Å². The van der Waals surface area contributed by atoms with Gasteiger partial charge in [0.25, 0.3) is 0 Å². The van der Waals surface area contributed by atoms with Crippen molar-refractivity contribution >= 4 is 24.8 Å². The quantitative estimate of drug-likeness (QED) is 0.883. The molecule has 1 saturated carbocycles. The average molecular weight is 357 g/mol. The fourth-order valence-electron chi connectivity index (χ4n) is 3.13. The van der Waals surface area contributed by atoms with Gasteiger partial charge in [-0.25, -0.2) is 0 Å². The fourth-order valence-corrected chi connectivity index (χ4v) is 3.13. The number of nitrogens with zero attached hydrogens (tertiary/aromatic N) is 1. The normalized spacial score (nSPS) is 20.7. The summed E-state index contributed by atoms with van der Waals surface area (Å²) in [6.07, 6.45) is -2.18. The first-order chi connectivity index (χ1) is 9.57. The molecule has 2 fully saturated rings. The zero-order valence-electron chi connectivity index (χ0n) is 12.1. The van der Waals surface area contributed by atoms with Crippen LogP contribution in [-0.2, 0) is 6.18 Å². The number of nitrogens with one attached hydrogen (secondary N) is 1. The van der Waals surface area contributed by atoms with Crippen LogP contribution in [0, 0.1) is 5.92 Å². The number of hydrogen-bond acceptors (Lipinski definition) is 2. The first-order valence-electron chi connectivity index (χ1n) is 7.18. The molecule has 126 valence electrons. The summed E-state index contributed by atoms with van der Waals surface area (Å²) in [7, 11) is 0. The first-order valence-corrected chi connectivity index (χ1v) is 7.18. The summed E-state index contributed by atoms with van der Waals surface area (Å²) in [4.78, 5) is 2.22. The van der Waals surface area contributed by atoms with E-state index >= 15 is 0 Å². The van der Waals surface area contributed by atoms with Crippen molar-refractivity contribution in [2.75, 3.05) is 26.2 Å². The van der Waals surface area contributed by atoms with Gasteiger partial charge in [0.15, 0.2) is 0 Å². The highest BCUT2D eigenvalue weighted by Crippen LogP contribution is 2.47. The van der Waals surface area contributed by atoms with Crippen LogP contribution in [0.1, 0.15) is 30.0 Å². The van der Waals surface area contributed by atoms with Gasteiger partial charge in [0, 0.05) is 32.2 Å². The second-order valence-corrected chi connectivity index (χ2v) is 5.65. The van der Waals surface area contributed by atoms with E-state index in [1.807, 2.05) is 0 Å². The number of piperazine rings is 1. The summed E-state index contributed by atoms with van der Waals surface area (Å²) >= 11 is 0. The number of rotatable bonds is 3. The second-order valence-electron chi connectivity index (χ2n) is 5.65. The van der Waals surface area contributed by atoms with Crippen molar-refractivity contribution in [2.45, 2.75) is 25.1 Å². The number of hydrogen-bond donors (Lipinski definition) is 1. The smallest absolute Gasteiger partial charge is 0.314 e. The Kier molecular flexibility index (Phi) is 6.99. The highest BCUT2D eigenvalue weighted by atomic mass is 35.5. The van der Waals surface area contributed by atoms with Crippen LogP contribution >= 0.6 is 24.8 Å². The molecule has 7 heteroatoms. The Bertz CT molecular complexity index is 472. The lowest BCUT2D eigenvalue weighted by Crippen LogP contribution is -2.46. The average Bonchev–Trinajstić information content (AvgIpc) is 3.24. The topological polar surface area (TPSA) is 15.3 Å². The number of alkyl halides is 3. The Balaban J connectivity index is 0.00000121. The van der Waals surface area contributed by atoms with E-state index in [1.54, 1.807) is 12.1 Å². The fraction of sp³-hybridized carbons (Fsp3) is 0.600. The molecule has 1 aliphatic heterocycles. The molecular weight excluding hydrogens is 336 g/mol. The van der Waals surface area contributed by atoms with E-state index in [2.05, 4.69) is 10.2 Å². The van der Waals surface area contributed by atoms with E-state index in [4.69, 9.17) is 0 Å². The molecular formula is C15H21Cl2F3N2. The molecule has 0 unspecified atom stereocenters. The molecule has 0 radical (unpaired) electrons. The zero-order chi connectivity index (χ0) is 14.2. The summed E-state index contributed by atoms with van der Waals surface area (Å²) in [6.45, 7) is 3.37. The maximum absolute atomic E-state index is 13.2. The molecule has 0 aromatic heterocycles. The summed E-state index contributed by atoms with van der Waals surface area (Å²) < 4.78 is 39.7. The largest absolute Gasteiger partial charge is 0.416 e. The van der Waals surface area contributed by atoms with E-state index < -0.39 is 11.7 Å². The minimum atomic E-state index is -4.27. The van der Waals surface area contributed by atoms with Crippen LogP contribution in [0.4, 0.5) is 13.2 Å². The van der Waals surface area contributed by atoms with Crippen LogP contribution in [0.3, 0.4) is 0 Å². The lowest BCUT2D eigenvalue weighted by Gasteiger charge is -2.36. The number of benzene rings is 1. The predicted molar refractivity (Wildman–Crippen MR) is 85.8 cm³/mol. The maximum atomic E-state index is 13.2. The van der Waals surface area contributed by atoms with Gasteiger partial charge in [-0.15, -0.1) is 24.8 Å². The van der Waals surface area contributed by atoms with Gasteiger partial charge in [-0.3, -0.25) is 4.90 Å². The van der Waals surface area contributed by atoms with E-state index in [0.717, 1.165) is 39.0 Å². The third kappa shape index (κ3) is 4.28. The Morgan fingerprint density at radius 3 is 2.18 bits per heavy atom. The molecule has 2 aliphatic rings. The van der Waals surface area contributed by atoms with Gasteiger partial charge >= 0.3 is 6.18 Å². The predicted octanol–water partition coefficient (Wildman–Crippen LogP) is 3.91. The molecule has 1 aliphatic carbocycles. The van der Waals surface area contributed by atoms with Crippen molar-refractivity contribution in [2.24, 2.45) is 5.92 Å². The molecule has 1 atom stereocenters. The van der Waals surface area contributed by atoms with Gasteiger partial charge in [-0.1, -0.05) is 18.2 Å². The van der Waals surface area contributed by atoms with Crippen molar-refractivity contribution in [3.63, 3.8) is 0 Å². The molecule has 1 aromatic rings. The number of halogens is 5. The van der Waals surface area contributed by atoms with Gasteiger partial charge in [-0.05, 0) is 30.4 Å². The van der Waals surface area contributed by atoms with Gasteiger partial charge in [-0.2, -0.15) is 13.2 Å². The van der Waals surface area contributed by atoms with Crippen LogP contribution in [0.2, 0.25) is 0 Å². The lowest BCUT2D eigenvalue weighted by atomic mass is 9.94. The highest BCUT2D eigenvalue weighted by Gasteiger charge is 2.42. The standard InChI is InChI=1S/C15H19F3N2.2ClH/c16-15(17,18)13-4-2-1-3-12(13)14(11-5-6-11)20-9-7-19-8-10-20;;/h1-4,11,14,19H,5-10H2;2*1H/t14-;;/m1../s1. The monoisotopic (exact) mass is 356 g/mol. The summed E-state index contributed by atoms with van der Waals surface area (Å²) in [5, 5.41) is 3.26. The Labute approximate surface area is 141 Å². The lowest BCUT2D eigenvalue weighted by molar-refractivity contribution is -0.138. The molecule has 2 nitrogen and oxygen atoms in total. The van der Waals surface area contributed by atoms with E-state index in [1.165, 1.54) is 12.1 Å². The third-order valence-corrected chi connectivity index (χ3v) is 4.20. The van der Waals surface area contributed by atoms with Gasteiger partial charge in [0.05, 0.1) is 5.56 Å². The summed E-state index contributed by atoms with van der Waals surface area (Å²) in [5.74, 6) is 0.386. The molecule has 3 rings (SSSR count). The van der Waals surface area contributed by atoms with Crippen molar-refractivity contribution in [1.29, 1.82) is 0 Å². The third-order valence-electron chi connectivity index (χ3n) is 4.20. The molecule has 1 aromatic carbocycles. The van der Waals surface area contributed by atoms with Crippen LogP contribution in [-0.4, -0.2) is 31.1 Å². The molecule has 0 spiro atoms. The van der Waals surface area contributed by atoms with Crippen LogP contribution < -0.4 is 5.32 Å². The van der Waals surface area contributed by atoms with Crippen molar-refractivity contribution in [1.82, 2.24) is 10.2 Å². The second kappa shape index (κ2) is 7.86. The molecule has 1 heterocycles. The minimum absolute atomic E-state index is 0. The molecule has 22 heavy (non-hydrogen) atoms. The van der Waals surface area contributed by atoms with E-state index in [9.17, 15) is 13.2 Å². The van der Waals surface area contributed by atoms with Gasteiger partial charge in [0.1, 0.15) is 0 Å². The molecule has 0 bridgehead atoms. The molecule has 0 amide bonds. The summed E-state index contributed by atoms with van der Waals surface area (Å²) in [6, 6.07) is 6.01. The maximum Gasteiger partial charge on any atom is 0.416 e. The SMILES string of the molecule is Cl.Cl.FC(F)(F)c1ccccc1[C@@H](C1CC1)N1CCNCC1. The summed E-state index contributed by atoms with van der Waals surface area (Å²) in [5.41, 5.74) is -0.000155. The van der Waals surface area contributed by atoms with E-state index in [0.29, 0.717) is 11.5 Å². The molecule has 1 N–H and O–H groups in total. The Morgan fingerprint density at radius 2 is 1.64 bits per heavy atom. The van der Waals surface area contributed by atoms with Gasteiger partial charge < -0.3 is 5.32 Å². The molecule has 1 saturated heterocycles. The van der Waals surface area contributed by atoms with Gasteiger partial charge in [0.2, 0.25) is 0 Å². The zero-order valence-corrected chi connectivity index (χ0v) is 13.7.